The van der Waals surface area contributed by atoms with Gasteiger partial charge in [0, 0.05) is 14.2 Å². The number of benzene rings is 1. The van der Waals surface area contributed by atoms with E-state index in [0.29, 0.717) is 12.1 Å². The average Bonchev–Trinajstić information content (AvgIpc) is 2.42. The van der Waals surface area contributed by atoms with E-state index in [1.54, 1.807) is 0 Å². The molecule has 0 spiro atoms. The lowest BCUT2D eigenvalue weighted by Crippen LogP contribution is -2.20. The molecule has 0 unspecified atom stereocenters. The Kier molecular flexibility index (Phi) is 6.79. The minimum absolute atomic E-state index is 0.244. The van der Waals surface area contributed by atoms with Crippen molar-refractivity contribution in [2.24, 2.45) is 0 Å². The van der Waals surface area contributed by atoms with Crippen molar-refractivity contribution in [3.05, 3.63) is 22.7 Å². The van der Waals surface area contributed by atoms with Gasteiger partial charge in [0.1, 0.15) is 13.2 Å². The number of halogens is 4. The Hall–Kier alpha value is -1.84. The van der Waals surface area contributed by atoms with E-state index in [4.69, 9.17) is 11.6 Å². The van der Waals surface area contributed by atoms with Gasteiger partial charge in [-0.25, -0.2) is 0 Å². The summed E-state index contributed by atoms with van der Waals surface area (Å²) in [6, 6.07) is 1.34. The van der Waals surface area contributed by atoms with Crippen LogP contribution in [0.5, 0.6) is 0 Å². The van der Waals surface area contributed by atoms with Gasteiger partial charge in [-0.1, -0.05) is 11.6 Å². The van der Waals surface area contributed by atoms with E-state index in [0.717, 1.165) is 0 Å². The predicted octanol–water partition coefficient (Wildman–Crippen LogP) is 2.53. The van der Waals surface area contributed by atoms with Crippen molar-refractivity contribution < 1.29 is 32.2 Å². The van der Waals surface area contributed by atoms with Crippen molar-refractivity contribution in [1.82, 2.24) is 0 Å². The summed E-state index contributed by atoms with van der Waals surface area (Å²) in [4.78, 5) is 23.0. The largest absolute Gasteiger partial charge is 0.416 e. The van der Waals surface area contributed by atoms with Crippen LogP contribution in [-0.2, 0) is 25.2 Å². The molecule has 1 aromatic rings. The summed E-state index contributed by atoms with van der Waals surface area (Å²) in [5.41, 5.74) is -1.67. The van der Waals surface area contributed by atoms with Crippen LogP contribution in [0.4, 0.5) is 24.5 Å². The number of ether oxygens (including phenoxy) is 2. The molecule has 0 saturated heterocycles. The number of amides is 2. The van der Waals surface area contributed by atoms with Crippen LogP contribution in [0.1, 0.15) is 5.56 Å². The Morgan fingerprint density at radius 2 is 1.43 bits per heavy atom. The van der Waals surface area contributed by atoms with Crippen LogP contribution in [0.15, 0.2) is 12.1 Å². The Morgan fingerprint density at radius 3 is 1.74 bits per heavy atom. The van der Waals surface area contributed by atoms with Gasteiger partial charge in [-0.15, -0.1) is 0 Å². The summed E-state index contributed by atoms with van der Waals surface area (Å²) >= 11 is 5.94. The summed E-state index contributed by atoms with van der Waals surface area (Å²) in [5, 5.41) is 4.14. The molecule has 0 fully saturated rings. The fourth-order valence-electron chi connectivity index (χ4n) is 1.60. The summed E-state index contributed by atoms with van der Waals surface area (Å²) in [5.74, 6) is -1.38. The van der Waals surface area contributed by atoms with Crippen molar-refractivity contribution in [2.75, 3.05) is 38.1 Å². The maximum Gasteiger partial charge on any atom is 0.416 e. The Morgan fingerprint density at radius 1 is 1.04 bits per heavy atom. The van der Waals surface area contributed by atoms with Crippen molar-refractivity contribution in [2.45, 2.75) is 6.18 Å². The zero-order chi connectivity index (χ0) is 17.6. The molecule has 0 radical (unpaired) electrons. The van der Waals surface area contributed by atoms with Gasteiger partial charge in [-0.05, 0) is 12.1 Å². The van der Waals surface area contributed by atoms with E-state index in [2.05, 4.69) is 20.1 Å². The van der Waals surface area contributed by atoms with Gasteiger partial charge in [0.25, 0.3) is 0 Å². The van der Waals surface area contributed by atoms with Crippen LogP contribution >= 0.6 is 11.6 Å². The number of methoxy groups -OCH3 is 2. The highest BCUT2D eigenvalue weighted by Crippen LogP contribution is 2.38. The first kappa shape index (κ1) is 19.2. The first-order valence-electron chi connectivity index (χ1n) is 6.17. The van der Waals surface area contributed by atoms with Gasteiger partial charge >= 0.3 is 6.18 Å². The van der Waals surface area contributed by atoms with E-state index in [9.17, 15) is 22.8 Å². The zero-order valence-corrected chi connectivity index (χ0v) is 13.0. The van der Waals surface area contributed by atoms with Gasteiger partial charge in [-0.3, -0.25) is 9.59 Å². The summed E-state index contributed by atoms with van der Waals surface area (Å²) in [6.45, 7) is -0.726. The third-order valence-corrected chi connectivity index (χ3v) is 2.91. The fraction of sp³-hybridized carbons (Fsp3) is 0.385. The number of hydrogen-bond donors (Lipinski definition) is 2. The lowest BCUT2D eigenvalue weighted by atomic mass is 10.1. The normalized spacial score (nSPS) is 11.2. The van der Waals surface area contributed by atoms with Crippen molar-refractivity contribution in [3.63, 3.8) is 0 Å². The molecule has 0 aliphatic carbocycles. The minimum Gasteiger partial charge on any atom is -0.375 e. The van der Waals surface area contributed by atoms with E-state index < -0.39 is 23.6 Å². The first-order valence-corrected chi connectivity index (χ1v) is 6.55. The number of hydrogen-bond acceptors (Lipinski definition) is 4. The summed E-state index contributed by atoms with van der Waals surface area (Å²) in [6.07, 6.45) is -4.69. The summed E-state index contributed by atoms with van der Waals surface area (Å²) in [7, 11) is 2.51. The fourth-order valence-corrected chi connectivity index (χ4v) is 1.81. The molecular formula is C13H14ClF3N2O4. The van der Waals surface area contributed by atoms with Crippen molar-refractivity contribution in [3.8, 4) is 0 Å². The minimum atomic E-state index is -4.69. The monoisotopic (exact) mass is 354 g/mol. The van der Waals surface area contributed by atoms with E-state index in [1.165, 1.54) is 14.2 Å². The van der Waals surface area contributed by atoms with Crippen molar-refractivity contribution in [1.29, 1.82) is 0 Å². The second-order valence-corrected chi connectivity index (χ2v) is 4.72. The number of nitrogens with one attached hydrogen (secondary N) is 2. The number of carbonyl (C=O) groups is 2. The lowest BCUT2D eigenvalue weighted by Gasteiger charge is -2.16. The Bertz CT molecular complexity index is 552. The Labute approximate surface area is 134 Å². The number of rotatable bonds is 6. The van der Waals surface area contributed by atoms with Crippen LogP contribution < -0.4 is 10.6 Å². The molecule has 10 heteroatoms. The molecule has 2 N–H and O–H groups in total. The first-order chi connectivity index (χ1) is 10.7. The maximum atomic E-state index is 12.9. The topological polar surface area (TPSA) is 76.7 Å². The quantitative estimate of drug-likeness (QED) is 0.823. The highest BCUT2D eigenvalue weighted by molar-refractivity contribution is 6.37. The van der Waals surface area contributed by atoms with Crippen LogP contribution in [-0.4, -0.2) is 39.2 Å². The lowest BCUT2D eigenvalue weighted by molar-refractivity contribution is -0.137. The van der Waals surface area contributed by atoms with Gasteiger partial charge in [0.15, 0.2) is 0 Å². The van der Waals surface area contributed by atoms with Crippen molar-refractivity contribution >= 4 is 34.8 Å². The smallest absolute Gasteiger partial charge is 0.375 e. The highest BCUT2D eigenvalue weighted by atomic mass is 35.5. The molecule has 23 heavy (non-hydrogen) atoms. The van der Waals surface area contributed by atoms with E-state index >= 15 is 0 Å². The molecule has 0 saturated carbocycles. The molecule has 0 aliphatic heterocycles. The number of alkyl halides is 3. The van der Waals surface area contributed by atoms with Gasteiger partial charge in [0.2, 0.25) is 11.8 Å². The molecule has 6 nitrogen and oxygen atoms in total. The molecule has 1 rings (SSSR count). The Balaban J connectivity index is 3.22. The third-order valence-electron chi connectivity index (χ3n) is 2.50. The SMILES string of the molecule is COCC(=O)Nc1cc(C(F)(F)F)cc(NC(=O)COC)c1Cl. The van der Waals surface area contributed by atoms with Gasteiger partial charge in [0.05, 0.1) is 22.0 Å². The van der Waals surface area contributed by atoms with Crippen LogP contribution in [0.3, 0.4) is 0 Å². The molecule has 0 aliphatic rings. The second-order valence-electron chi connectivity index (χ2n) is 4.35. The molecule has 0 atom stereocenters. The van der Waals surface area contributed by atoms with Crippen LogP contribution in [0.2, 0.25) is 5.02 Å². The van der Waals surface area contributed by atoms with Gasteiger partial charge < -0.3 is 20.1 Å². The molecule has 1 aromatic carbocycles. The molecule has 0 aromatic heterocycles. The third kappa shape index (κ3) is 5.70. The van der Waals surface area contributed by atoms with E-state index in [1.807, 2.05) is 0 Å². The highest BCUT2D eigenvalue weighted by Gasteiger charge is 2.32. The zero-order valence-electron chi connectivity index (χ0n) is 12.2. The maximum absolute atomic E-state index is 12.9. The number of anilines is 2. The predicted molar refractivity (Wildman–Crippen MR) is 77.5 cm³/mol. The molecule has 128 valence electrons. The average molecular weight is 355 g/mol. The van der Waals surface area contributed by atoms with E-state index in [-0.39, 0.29) is 29.6 Å². The standard InChI is InChI=1S/C13H14ClF3N2O4/c1-22-5-10(20)18-8-3-7(13(15,16)17)4-9(12(8)14)19-11(21)6-23-2/h3-4H,5-6H2,1-2H3,(H,18,20)(H,19,21). The number of carbonyl (C=O) groups excluding carboxylic acids is 2. The second kappa shape index (κ2) is 8.14. The molecular weight excluding hydrogens is 341 g/mol. The van der Waals surface area contributed by atoms with Crippen LogP contribution in [0.25, 0.3) is 0 Å². The van der Waals surface area contributed by atoms with Crippen LogP contribution in [0, 0.1) is 0 Å². The molecule has 2 amide bonds. The molecule has 0 heterocycles. The molecule has 0 bridgehead atoms. The van der Waals surface area contributed by atoms with Gasteiger partial charge in [-0.2, -0.15) is 13.2 Å². The summed E-state index contributed by atoms with van der Waals surface area (Å²) < 4.78 is 48.0.